The summed E-state index contributed by atoms with van der Waals surface area (Å²) in [5.41, 5.74) is -0.709. The fourth-order valence-electron chi connectivity index (χ4n) is 1.32. The number of benzene rings is 1. The zero-order chi connectivity index (χ0) is 11.1. The van der Waals surface area contributed by atoms with Gasteiger partial charge in [-0.3, -0.25) is 0 Å². The topological polar surface area (TPSA) is 46.5 Å². The summed E-state index contributed by atoms with van der Waals surface area (Å²) in [5, 5.41) is 9.82. The lowest BCUT2D eigenvalue weighted by molar-refractivity contribution is -0.148. The Bertz CT molecular complexity index is 434. The Morgan fingerprint density at radius 1 is 1.33 bits per heavy atom. The average Bonchev–Trinajstić information content (AvgIpc) is 2.44. The van der Waals surface area contributed by atoms with Crippen LogP contribution in [0.15, 0.2) is 33.9 Å². The van der Waals surface area contributed by atoms with Crippen LogP contribution < -0.4 is 0 Å². The van der Waals surface area contributed by atoms with Gasteiger partial charge in [0.05, 0.1) is 3.58 Å². The first-order valence-electron chi connectivity index (χ1n) is 4.44. The zero-order valence-corrected chi connectivity index (χ0v) is 10.2. The summed E-state index contributed by atoms with van der Waals surface area (Å²) in [6.45, 7) is 1.44. The van der Waals surface area contributed by atoms with Crippen molar-refractivity contribution in [2.45, 2.75) is 12.5 Å². The maximum Gasteiger partial charge on any atom is 0.348 e. The van der Waals surface area contributed by atoms with Crippen molar-refractivity contribution in [3.8, 4) is 0 Å². The number of carbonyl (C=O) groups excluding carboxylic acids is 1. The summed E-state index contributed by atoms with van der Waals surface area (Å²) in [4.78, 5) is 11.4. The predicted octanol–water partition coefficient (Wildman–Crippen LogP) is 2.10. The number of ether oxygens (including phenoxy) is 1. The number of esters is 1. The third kappa shape index (κ3) is 1.68. The van der Waals surface area contributed by atoms with Gasteiger partial charge in [-0.05, 0) is 29.5 Å². The van der Waals surface area contributed by atoms with Gasteiger partial charge in [-0.2, -0.15) is 0 Å². The highest BCUT2D eigenvalue weighted by Gasteiger charge is 2.44. The SMILES string of the molecule is CC1(O)C(=O)OC(c2ccccc2)=C1I. The van der Waals surface area contributed by atoms with Crippen LogP contribution in [-0.2, 0) is 9.53 Å². The van der Waals surface area contributed by atoms with E-state index in [1.165, 1.54) is 6.92 Å². The molecule has 15 heavy (non-hydrogen) atoms. The Labute approximate surface area is 101 Å². The van der Waals surface area contributed by atoms with Gasteiger partial charge in [0.2, 0.25) is 0 Å². The van der Waals surface area contributed by atoms with Crippen LogP contribution >= 0.6 is 22.6 Å². The molecule has 1 heterocycles. The first kappa shape index (κ1) is 10.6. The summed E-state index contributed by atoms with van der Waals surface area (Å²) >= 11 is 1.94. The maximum atomic E-state index is 11.4. The molecular formula is C11H9IO3. The molecule has 3 nitrogen and oxygen atoms in total. The molecule has 2 rings (SSSR count). The normalized spacial score (nSPS) is 25.7. The maximum absolute atomic E-state index is 11.4. The van der Waals surface area contributed by atoms with E-state index >= 15 is 0 Å². The molecule has 0 saturated carbocycles. The number of hydrogen-bond acceptors (Lipinski definition) is 3. The van der Waals surface area contributed by atoms with Crippen molar-refractivity contribution >= 4 is 34.3 Å². The second-order valence-corrected chi connectivity index (χ2v) is 4.55. The molecule has 1 unspecified atom stereocenters. The molecule has 0 radical (unpaired) electrons. The first-order chi connectivity index (χ1) is 7.03. The Hall–Kier alpha value is -0.880. The first-order valence-corrected chi connectivity index (χ1v) is 5.51. The molecule has 1 aromatic rings. The van der Waals surface area contributed by atoms with E-state index in [4.69, 9.17) is 4.74 Å². The zero-order valence-electron chi connectivity index (χ0n) is 8.03. The quantitative estimate of drug-likeness (QED) is 0.637. The molecule has 0 amide bonds. The van der Waals surface area contributed by atoms with Gasteiger partial charge in [-0.25, -0.2) is 4.79 Å². The van der Waals surface area contributed by atoms with Gasteiger partial charge >= 0.3 is 5.97 Å². The summed E-state index contributed by atoms with van der Waals surface area (Å²) < 4.78 is 5.58. The van der Waals surface area contributed by atoms with Crippen LogP contribution in [0.3, 0.4) is 0 Å². The molecule has 0 saturated heterocycles. The van der Waals surface area contributed by atoms with Gasteiger partial charge in [0.15, 0.2) is 11.4 Å². The van der Waals surface area contributed by atoms with Crippen LogP contribution in [0.2, 0.25) is 0 Å². The molecular weight excluding hydrogens is 307 g/mol. The van der Waals surface area contributed by atoms with Crippen molar-refractivity contribution in [3.05, 3.63) is 39.5 Å². The largest absolute Gasteiger partial charge is 0.423 e. The minimum absolute atomic E-state index is 0.450. The predicted molar refractivity (Wildman–Crippen MR) is 64.1 cm³/mol. The summed E-state index contributed by atoms with van der Waals surface area (Å²) in [5.74, 6) is -0.169. The number of carbonyl (C=O) groups is 1. The van der Waals surface area contributed by atoms with Crippen LogP contribution in [-0.4, -0.2) is 16.7 Å². The van der Waals surface area contributed by atoms with E-state index in [0.717, 1.165) is 5.56 Å². The van der Waals surface area contributed by atoms with E-state index in [1.54, 1.807) is 0 Å². The number of aliphatic hydroxyl groups is 1. The second kappa shape index (κ2) is 3.61. The number of halogens is 1. The van der Waals surface area contributed by atoms with Crippen LogP contribution in [0.5, 0.6) is 0 Å². The molecule has 1 atom stereocenters. The minimum Gasteiger partial charge on any atom is -0.423 e. The Morgan fingerprint density at radius 3 is 2.40 bits per heavy atom. The Balaban J connectivity index is 2.49. The molecule has 78 valence electrons. The number of hydrogen-bond donors (Lipinski definition) is 1. The van der Waals surface area contributed by atoms with Crippen molar-refractivity contribution in [3.63, 3.8) is 0 Å². The third-order valence-corrected chi connectivity index (χ3v) is 3.80. The van der Waals surface area contributed by atoms with E-state index in [1.807, 2.05) is 52.9 Å². The fourth-order valence-corrected chi connectivity index (χ4v) is 1.96. The number of rotatable bonds is 1. The van der Waals surface area contributed by atoms with Crippen LogP contribution in [0, 0.1) is 0 Å². The van der Waals surface area contributed by atoms with Gasteiger partial charge in [0.1, 0.15) is 0 Å². The highest BCUT2D eigenvalue weighted by molar-refractivity contribution is 14.1. The van der Waals surface area contributed by atoms with Crippen molar-refractivity contribution in [2.75, 3.05) is 0 Å². The van der Waals surface area contributed by atoms with Crippen molar-refractivity contribution < 1.29 is 14.6 Å². The van der Waals surface area contributed by atoms with Crippen LogP contribution in [0.1, 0.15) is 12.5 Å². The Kier molecular flexibility index (Phi) is 2.56. The van der Waals surface area contributed by atoms with Gasteiger partial charge in [-0.15, -0.1) is 0 Å². The van der Waals surface area contributed by atoms with E-state index in [0.29, 0.717) is 9.34 Å². The third-order valence-electron chi connectivity index (χ3n) is 2.25. The standard InChI is InChI=1S/C11H9IO3/c1-11(14)9(12)8(15-10(11)13)7-5-3-2-4-6-7/h2-6,14H,1H3. The molecule has 0 aromatic heterocycles. The van der Waals surface area contributed by atoms with E-state index in [9.17, 15) is 9.90 Å². The molecule has 1 aliphatic rings. The van der Waals surface area contributed by atoms with Crippen molar-refractivity contribution in [1.82, 2.24) is 0 Å². The summed E-state index contributed by atoms with van der Waals surface area (Å²) in [7, 11) is 0. The Morgan fingerprint density at radius 2 is 1.93 bits per heavy atom. The van der Waals surface area contributed by atoms with E-state index in [-0.39, 0.29) is 0 Å². The van der Waals surface area contributed by atoms with Gasteiger partial charge in [-0.1, -0.05) is 30.3 Å². The monoisotopic (exact) mass is 316 g/mol. The lowest BCUT2D eigenvalue weighted by Gasteiger charge is -2.10. The highest BCUT2D eigenvalue weighted by Crippen LogP contribution is 2.39. The highest BCUT2D eigenvalue weighted by atomic mass is 127. The molecule has 0 aliphatic carbocycles. The minimum atomic E-state index is -1.51. The number of cyclic esters (lactones) is 1. The lowest BCUT2D eigenvalue weighted by Crippen LogP contribution is -2.31. The molecule has 1 N–H and O–H groups in total. The fraction of sp³-hybridized carbons (Fsp3) is 0.182. The van der Waals surface area contributed by atoms with Crippen LogP contribution in [0.25, 0.3) is 5.76 Å². The van der Waals surface area contributed by atoms with E-state index < -0.39 is 11.6 Å². The van der Waals surface area contributed by atoms with Gasteiger partial charge in [0, 0.05) is 5.56 Å². The molecule has 1 aromatic carbocycles. The molecule has 0 fully saturated rings. The van der Waals surface area contributed by atoms with Crippen molar-refractivity contribution in [2.24, 2.45) is 0 Å². The molecule has 4 heteroatoms. The lowest BCUT2D eigenvalue weighted by atomic mass is 10.1. The molecule has 0 spiro atoms. The second-order valence-electron chi connectivity index (χ2n) is 3.47. The molecule has 0 bridgehead atoms. The van der Waals surface area contributed by atoms with Gasteiger partial charge < -0.3 is 9.84 Å². The molecule has 1 aliphatic heterocycles. The van der Waals surface area contributed by atoms with E-state index in [2.05, 4.69) is 0 Å². The summed E-state index contributed by atoms with van der Waals surface area (Å²) in [6, 6.07) is 9.26. The van der Waals surface area contributed by atoms with Crippen molar-refractivity contribution in [1.29, 1.82) is 0 Å². The van der Waals surface area contributed by atoms with Crippen LogP contribution in [0.4, 0.5) is 0 Å². The summed E-state index contributed by atoms with van der Waals surface area (Å²) in [6.07, 6.45) is 0. The average molecular weight is 316 g/mol. The smallest absolute Gasteiger partial charge is 0.348 e. The van der Waals surface area contributed by atoms with Gasteiger partial charge in [0.25, 0.3) is 0 Å².